The number of methoxy groups -OCH3 is 1. The Morgan fingerprint density at radius 1 is 1.33 bits per heavy atom. The molecule has 96 valence electrons. The van der Waals surface area contributed by atoms with Gasteiger partial charge in [0.1, 0.15) is 4.48 Å². The Labute approximate surface area is 130 Å². The molecule has 0 fully saturated rings. The lowest BCUT2D eigenvalue weighted by atomic mass is 10.1. The van der Waals surface area contributed by atoms with E-state index in [2.05, 4.69) is 47.8 Å². The first-order chi connectivity index (χ1) is 8.50. The molecule has 6 heteroatoms. The molecule has 0 aliphatic carbocycles. The van der Waals surface area contributed by atoms with Gasteiger partial charge < -0.3 is 9.47 Å². The minimum Gasteiger partial charge on any atom is -0.494 e. The van der Waals surface area contributed by atoms with Crippen LogP contribution in [0.1, 0.15) is 10.4 Å². The highest BCUT2D eigenvalue weighted by molar-refractivity contribution is 9.13. The number of benzene rings is 1. The summed E-state index contributed by atoms with van der Waals surface area (Å²) in [4.78, 5) is 11.4. The van der Waals surface area contributed by atoms with E-state index in [0.29, 0.717) is 10.2 Å². The maximum atomic E-state index is 11.6. The zero-order chi connectivity index (χ0) is 13.3. The summed E-state index contributed by atoms with van der Waals surface area (Å²) >= 11 is 10.2. The van der Waals surface area contributed by atoms with Crippen molar-refractivity contribution in [3.8, 4) is 0 Å². The highest BCUT2D eigenvalue weighted by Gasteiger charge is 2.52. The number of carbonyl (C=O) groups is 1. The fraction of sp³-hybridized carbons (Fsp3) is 0.250. The van der Waals surface area contributed by atoms with Crippen molar-refractivity contribution in [1.29, 1.82) is 0 Å². The Bertz CT molecular complexity index is 501. The molecular weight excluding hydrogens is 432 g/mol. The predicted octanol–water partition coefficient (Wildman–Crippen LogP) is 4.02. The van der Waals surface area contributed by atoms with E-state index in [4.69, 9.17) is 9.47 Å². The molecule has 2 atom stereocenters. The molecular formula is C12H9Br3O3. The van der Waals surface area contributed by atoms with Gasteiger partial charge in [0.25, 0.3) is 0 Å². The normalized spacial score (nSPS) is 25.0. The van der Waals surface area contributed by atoms with Gasteiger partial charge in [-0.1, -0.05) is 46.3 Å². The Kier molecular flexibility index (Phi) is 4.18. The summed E-state index contributed by atoms with van der Waals surface area (Å²) in [5, 5.41) is 0. The molecule has 0 aromatic heterocycles. The summed E-state index contributed by atoms with van der Waals surface area (Å²) in [5.74, 6) is -0.0395. The second-order valence-electron chi connectivity index (χ2n) is 3.65. The third kappa shape index (κ3) is 2.26. The summed E-state index contributed by atoms with van der Waals surface area (Å²) in [6.45, 7) is 0. The van der Waals surface area contributed by atoms with Gasteiger partial charge in [0.2, 0.25) is 4.51 Å². The van der Waals surface area contributed by atoms with Crippen LogP contribution in [-0.4, -0.2) is 17.6 Å². The average Bonchev–Trinajstić information content (AvgIpc) is 2.61. The smallest absolute Gasteiger partial charge is 0.350 e. The fourth-order valence-corrected chi connectivity index (χ4v) is 3.88. The molecule has 1 aromatic rings. The molecule has 3 nitrogen and oxygen atoms in total. The van der Waals surface area contributed by atoms with Crippen LogP contribution >= 0.6 is 47.8 Å². The topological polar surface area (TPSA) is 35.5 Å². The first kappa shape index (κ1) is 14.1. The maximum Gasteiger partial charge on any atom is 0.350 e. The van der Waals surface area contributed by atoms with Crippen molar-refractivity contribution in [3.05, 3.63) is 46.1 Å². The highest BCUT2D eigenvalue weighted by Crippen LogP contribution is 2.52. The van der Waals surface area contributed by atoms with E-state index in [9.17, 15) is 4.79 Å². The van der Waals surface area contributed by atoms with Crippen molar-refractivity contribution in [2.75, 3.05) is 7.11 Å². The summed E-state index contributed by atoms with van der Waals surface area (Å²) in [6.07, 6.45) is 0. The van der Waals surface area contributed by atoms with Crippen LogP contribution in [0.4, 0.5) is 0 Å². The second kappa shape index (κ2) is 5.35. The molecule has 2 rings (SSSR count). The van der Waals surface area contributed by atoms with Gasteiger partial charge in [-0.15, -0.1) is 0 Å². The van der Waals surface area contributed by atoms with Gasteiger partial charge >= 0.3 is 5.97 Å². The van der Waals surface area contributed by atoms with Crippen LogP contribution in [0.5, 0.6) is 0 Å². The van der Waals surface area contributed by atoms with Crippen LogP contribution in [0.2, 0.25) is 0 Å². The molecule has 1 heterocycles. The Balaban J connectivity index is 2.41. The van der Waals surface area contributed by atoms with Crippen molar-refractivity contribution < 1.29 is 14.3 Å². The molecule has 0 unspecified atom stereocenters. The summed E-state index contributed by atoms with van der Waals surface area (Å²) in [7, 11) is 1.50. The summed E-state index contributed by atoms with van der Waals surface area (Å²) in [6, 6.07) is 9.64. The van der Waals surface area contributed by atoms with Crippen molar-refractivity contribution in [3.63, 3.8) is 0 Å². The predicted molar refractivity (Wildman–Crippen MR) is 78.8 cm³/mol. The minimum absolute atomic E-state index is 0.264. The fourth-order valence-electron chi connectivity index (χ4n) is 1.70. The zero-order valence-corrected chi connectivity index (χ0v) is 14.1. The third-order valence-electron chi connectivity index (χ3n) is 2.55. The Morgan fingerprint density at radius 3 is 2.50 bits per heavy atom. The zero-order valence-electron chi connectivity index (χ0n) is 9.32. The van der Waals surface area contributed by atoms with Gasteiger partial charge in [-0.05, 0) is 37.4 Å². The van der Waals surface area contributed by atoms with Gasteiger partial charge in [0, 0.05) is 0 Å². The number of halogens is 3. The number of cyclic esters (lactones) is 1. The highest BCUT2D eigenvalue weighted by atomic mass is 79.9. The average molecular weight is 441 g/mol. The van der Waals surface area contributed by atoms with Gasteiger partial charge in [-0.3, -0.25) is 0 Å². The molecule has 1 aromatic carbocycles. The van der Waals surface area contributed by atoms with Crippen LogP contribution in [0.3, 0.4) is 0 Å². The van der Waals surface area contributed by atoms with Crippen molar-refractivity contribution in [2.45, 2.75) is 9.34 Å². The van der Waals surface area contributed by atoms with E-state index in [0.717, 1.165) is 5.56 Å². The lowest BCUT2D eigenvalue weighted by Gasteiger charge is -2.28. The molecule has 1 aliphatic rings. The lowest BCUT2D eigenvalue weighted by Crippen LogP contribution is -2.30. The maximum absolute atomic E-state index is 11.6. The number of esters is 1. The van der Waals surface area contributed by atoms with Crippen LogP contribution in [0.25, 0.3) is 0 Å². The van der Waals surface area contributed by atoms with Crippen molar-refractivity contribution in [1.82, 2.24) is 0 Å². The Hall–Kier alpha value is -0.330. The number of alkyl halides is 2. The largest absolute Gasteiger partial charge is 0.494 e. The van der Waals surface area contributed by atoms with E-state index in [1.54, 1.807) is 0 Å². The van der Waals surface area contributed by atoms with E-state index >= 15 is 0 Å². The van der Waals surface area contributed by atoms with Crippen molar-refractivity contribution in [2.24, 2.45) is 0 Å². The van der Waals surface area contributed by atoms with E-state index in [-0.39, 0.29) is 4.83 Å². The van der Waals surface area contributed by atoms with Gasteiger partial charge in [0.05, 0.1) is 11.9 Å². The molecule has 0 N–H and O–H groups in total. The van der Waals surface area contributed by atoms with Gasteiger partial charge in [0.15, 0.2) is 5.76 Å². The lowest BCUT2D eigenvalue weighted by molar-refractivity contribution is -0.141. The van der Waals surface area contributed by atoms with Gasteiger partial charge in [-0.2, -0.15) is 0 Å². The number of carbonyl (C=O) groups excluding carboxylic acids is 1. The first-order valence-corrected chi connectivity index (χ1v) is 7.56. The summed E-state index contributed by atoms with van der Waals surface area (Å²) in [5.41, 5.74) is 0.971. The monoisotopic (exact) mass is 438 g/mol. The molecule has 0 bridgehead atoms. The molecule has 0 saturated carbocycles. The molecule has 1 aliphatic heterocycles. The van der Waals surface area contributed by atoms with Crippen molar-refractivity contribution >= 4 is 53.8 Å². The van der Waals surface area contributed by atoms with E-state index in [1.165, 1.54) is 7.11 Å². The van der Waals surface area contributed by atoms with Crippen LogP contribution < -0.4 is 0 Å². The molecule has 0 amide bonds. The van der Waals surface area contributed by atoms with Crippen LogP contribution in [-0.2, 0) is 14.3 Å². The van der Waals surface area contributed by atoms with Crippen LogP contribution in [0, 0.1) is 0 Å². The molecule has 0 saturated heterocycles. The molecule has 18 heavy (non-hydrogen) atoms. The number of hydrogen-bond donors (Lipinski definition) is 0. The molecule has 0 spiro atoms. The van der Waals surface area contributed by atoms with Crippen LogP contribution in [0.15, 0.2) is 40.6 Å². The minimum atomic E-state index is -1.04. The number of ether oxygens (including phenoxy) is 2. The number of rotatable bonds is 3. The first-order valence-electron chi connectivity index (χ1n) is 5.06. The van der Waals surface area contributed by atoms with E-state index in [1.807, 2.05) is 30.3 Å². The third-order valence-corrected chi connectivity index (χ3v) is 6.00. The number of hydrogen-bond acceptors (Lipinski definition) is 3. The van der Waals surface area contributed by atoms with Gasteiger partial charge in [-0.25, -0.2) is 4.79 Å². The van der Waals surface area contributed by atoms with E-state index < -0.39 is 10.5 Å². The Morgan fingerprint density at radius 2 is 1.94 bits per heavy atom. The quantitative estimate of drug-likeness (QED) is 0.526. The summed E-state index contributed by atoms with van der Waals surface area (Å²) < 4.78 is 9.88. The standard InChI is InChI=1S/C12H9Br3O3/c1-17-10-8(13)11(16)18-12(10,15)9(14)7-5-3-2-4-6-7/h2-6,9H,1H3/t9-,12-/m1/s1. The SMILES string of the molecule is COC1=C(Br)C(=O)O[C@]1(Br)[C@H](Br)c1ccccc1. The molecule has 0 radical (unpaired) electrons. The second-order valence-corrected chi connectivity index (χ2v) is 6.54.